The highest BCUT2D eigenvalue weighted by Gasteiger charge is 2.60. The number of nitrogens with one attached hydrogen (secondary N) is 1. The molecule has 4 fully saturated rings. The summed E-state index contributed by atoms with van der Waals surface area (Å²) in [6.45, 7) is 16.6. The largest absolute Gasteiger partial charge is 0.354 e. The molecule has 0 bridgehead atoms. The van der Waals surface area contributed by atoms with Crippen LogP contribution in [0.5, 0.6) is 0 Å². The minimum Gasteiger partial charge on any atom is -0.354 e. The Kier molecular flexibility index (Phi) is 7.43. The van der Waals surface area contributed by atoms with E-state index in [1.165, 1.54) is 64.2 Å². The third kappa shape index (κ3) is 4.58. The monoisotopic (exact) mass is 455 g/mol. The van der Waals surface area contributed by atoms with Gasteiger partial charge < -0.3 is 5.32 Å². The number of allylic oxidation sites excluding steroid dienone is 2. The summed E-state index contributed by atoms with van der Waals surface area (Å²) >= 11 is 0. The summed E-state index contributed by atoms with van der Waals surface area (Å²) in [6, 6.07) is 0.423. The Balaban J connectivity index is 1.46. The molecule has 4 aliphatic carbocycles. The van der Waals surface area contributed by atoms with E-state index in [-0.39, 0.29) is 5.91 Å². The molecule has 0 aromatic carbocycles. The lowest BCUT2D eigenvalue weighted by Gasteiger charge is -2.61. The molecule has 4 rings (SSSR count). The molecule has 1 amide bonds. The number of hydrogen-bond donors (Lipinski definition) is 1. The number of carbonyl (C=O) groups excluding carboxylic acids is 1. The van der Waals surface area contributed by atoms with E-state index >= 15 is 0 Å². The molecule has 0 saturated heterocycles. The van der Waals surface area contributed by atoms with Crippen LogP contribution in [0, 0.1) is 58.2 Å². The Morgan fingerprint density at radius 3 is 2.30 bits per heavy atom. The van der Waals surface area contributed by atoms with E-state index < -0.39 is 0 Å². The van der Waals surface area contributed by atoms with Crippen molar-refractivity contribution in [1.82, 2.24) is 5.32 Å². The Morgan fingerprint density at radius 2 is 1.64 bits per heavy atom. The third-order valence-corrected chi connectivity index (χ3v) is 11.8. The van der Waals surface area contributed by atoms with E-state index in [9.17, 15) is 4.79 Å². The maximum absolute atomic E-state index is 11.6. The van der Waals surface area contributed by atoms with E-state index in [1.54, 1.807) is 6.92 Å². The molecule has 4 saturated carbocycles. The van der Waals surface area contributed by atoms with Crippen molar-refractivity contribution in [1.29, 1.82) is 0 Å². The highest BCUT2D eigenvalue weighted by atomic mass is 16.1. The Morgan fingerprint density at radius 1 is 0.939 bits per heavy atom. The molecule has 4 aliphatic rings. The lowest BCUT2D eigenvalue weighted by molar-refractivity contribution is -0.126. The molecule has 10 atom stereocenters. The van der Waals surface area contributed by atoms with Crippen molar-refractivity contribution in [2.24, 2.45) is 58.2 Å². The Bertz CT molecular complexity index is 726. The quantitative estimate of drug-likeness (QED) is 0.404. The third-order valence-electron chi connectivity index (χ3n) is 11.8. The van der Waals surface area contributed by atoms with Gasteiger partial charge in [0.05, 0.1) is 0 Å². The van der Waals surface area contributed by atoms with Crippen molar-refractivity contribution in [3.8, 4) is 0 Å². The molecule has 0 radical (unpaired) electrons. The number of amides is 1. The first-order valence-electron chi connectivity index (χ1n) is 14.6. The van der Waals surface area contributed by atoms with Crippen LogP contribution in [-0.2, 0) is 4.79 Å². The van der Waals surface area contributed by atoms with Gasteiger partial charge in [0, 0.05) is 13.0 Å². The van der Waals surface area contributed by atoms with E-state index in [0.717, 1.165) is 41.4 Å². The van der Waals surface area contributed by atoms with Crippen molar-refractivity contribution in [3.05, 3.63) is 12.2 Å². The van der Waals surface area contributed by atoms with Crippen molar-refractivity contribution in [3.63, 3.8) is 0 Å². The number of fused-ring (bicyclic) bond motifs is 5. The molecule has 1 N–H and O–H groups in total. The van der Waals surface area contributed by atoms with Crippen molar-refractivity contribution >= 4 is 5.91 Å². The maximum atomic E-state index is 11.6. The molecule has 188 valence electrons. The maximum Gasteiger partial charge on any atom is 0.217 e. The fourth-order valence-corrected chi connectivity index (χ4v) is 9.86. The standard InChI is InChI=1S/C31H53NO/c1-8-23(20(2)3)10-9-21(4)27-13-14-28-26-12-11-24-19-25(32-22(5)33)15-17-30(24,6)29(26)16-18-31(27,28)7/h9-10,20-21,23-29H,8,11-19H2,1-7H3,(H,32,33)/t21-,23+,24?,25-,26+,27-,28+,29+,30+,31-/m1/s1. The average Bonchev–Trinajstić information content (AvgIpc) is 3.11. The van der Waals surface area contributed by atoms with Gasteiger partial charge in [0.1, 0.15) is 0 Å². The van der Waals surface area contributed by atoms with Gasteiger partial charge in [-0.05, 0) is 122 Å². The zero-order chi connectivity index (χ0) is 24.0. The molecule has 2 nitrogen and oxygen atoms in total. The second-order valence-electron chi connectivity index (χ2n) is 13.6. The number of carbonyl (C=O) groups is 1. The zero-order valence-electron chi connectivity index (χ0n) is 22.8. The van der Waals surface area contributed by atoms with Crippen LogP contribution in [0.25, 0.3) is 0 Å². The first kappa shape index (κ1) is 25.3. The SMILES string of the molecule is CC[C@@H](C=C[C@@H](C)[C@H]1CC[C@H]2[C@@H]3CCC4C[C@H](NC(C)=O)CC[C@]4(C)[C@H]3CC[C@]12C)C(C)C. The highest BCUT2D eigenvalue weighted by Crippen LogP contribution is 2.68. The molecule has 0 aromatic heterocycles. The predicted octanol–water partition coefficient (Wildman–Crippen LogP) is 8.02. The summed E-state index contributed by atoms with van der Waals surface area (Å²) in [5.74, 6) is 6.84. The van der Waals surface area contributed by atoms with E-state index in [4.69, 9.17) is 0 Å². The van der Waals surface area contributed by atoms with Crippen LogP contribution in [0.4, 0.5) is 0 Å². The van der Waals surface area contributed by atoms with Gasteiger partial charge in [-0.2, -0.15) is 0 Å². The smallest absolute Gasteiger partial charge is 0.217 e. The van der Waals surface area contributed by atoms with Crippen molar-refractivity contribution < 1.29 is 4.79 Å². The summed E-state index contributed by atoms with van der Waals surface area (Å²) in [4.78, 5) is 11.6. The highest BCUT2D eigenvalue weighted by molar-refractivity contribution is 5.73. The molecule has 33 heavy (non-hydrogen) atoms. The van der Waals surface area contributed by atoms with Crippen LogP contribution >= 0.6 is 0 Å². The van der Waals surface area contributed by atoms with Crippen LogP contribution in [0.3, 0.4) is 0 Å². The van der Waals surface area contributed by atoms with Crippen LogP contribution in [0.2, 0.25) is 0 Å². The average molecular weight is 456 g/mol. The Labute approximate surface area is 205 Å². The predicted molar refractivity (Wildman–Crippen MR) is 140 cm³/mol. The van der Waals surface area contributed by atoms with E-state index in [0.29, 0.717) is 22.8 Å². The molecule has 0 spiro atoms. The molecular formula is C31H53NO. The molecular weight excluding hydrogens is 402 g/mol. The normalized spacial score (nSPS) is 44.7. The topological polar surface area (TPSA) is 29.1 Å². The van der Waals surface area contributed by atoms with Crippen molar-refractivity contribution in [2.75, 3.05) is 0 Å². The van der Waals surface area contributed by atoms with Crippen LogP contribution in [-0.4, -0.2) is 11.9 Å². The van der Waals surface area contributed by atoms with E-state index in [1.807, 2.05) is 0 Å². The van der Waals surface area contributed by atoms with Crippen molar-refractivity contribution in [2.45, 2.75) is 119 Å². The van der Waals surface area contributed by atoms with Gasteiger partial charge in [-0.1, -0.05) is 53.7 Å². The minimum atomic E-state index is 0.157. The fourth-order valence-electron chi connectivity index (χ4n) is 9.86. The van der Waals surface area contributed by atoms with Gasteiger partial charge in [0.15, 0.2) is 0 Å². The number of hydrogen-bond acceptors (Lipinski definition) is 1. The lowest BCUT2D eigenvalue weighted by Crippen LogP contribution is -2.55. The van der Waals surface area contributed by atoms with Crippen LogP contribution < -0.4 is 5.32 Å². The lowest BCUT2D eigenvalue weighted by atomic mass is 9.44. The summed E-state index contributed by atoms with van der Waals surface area (Å²) in [5, 5.41) is 3.25. The second kappa shape index (κ2) is 9.69. The molecule has 0 aromatic rings. The molecule has 2 heteroatoms. The van der Waals surface area contributed by atoms with E-state index in [2.05, 4.69) is 59.0 Å². The summed E-state index contributed by atoms with van der Waals surface area (Å²) in [5.41, 5.74) is 1.05. The minimum absolute atomic E-state index is 0.157. The van der Waals surface area contributed by atoms with Gasteiger partial charge in [-0.3, -0.25) is 4.79 Å². The van der Waals surface area contributed by atoms with Gasteiger partial charge in [-0.15, -0.1) is 0 Å². The number of rotatable bonds is 6. The first-order valence-corrected chi connectivity index (χ1v) is 14.6. The van der Waals surface area contributed by atoms with Gasteiger partial charge in [0.25, 0.3) is 0 Å². The van der Waals surface area contributed by atoms with Crippen LogP contribution in [0.15, 0.2) is 12.2 Å². The van der Waals surface area contributed by atoms with Gasteiger partial charge >= 0.3 is 0 Å². The molecule has 1 unspecified atom stereocenters. The fraction of sp³-hybridized carbons (Fsp3) is 0.903. The Hall–Kier alpha value is -0.790. The molecule has 0 heterocycles. The summed E-state index contributed by atoms with van der Waals surface area (Å²) in [6.07, 6.45) is 18.8. The van der Waals surface area contributed by atoms with Gasteiger partial charge in [0.2, 0.25) is 5.91 Å². The van der Waals surface area contributed by atoms with Crippen LogP contribution in [0.1, 0.15) is 113 Å². The molecule has 0 aliphatic heterocycles. The summed E-state index contributed by atoms with van der Waals surface area (Å²) < 4.78 is 0. The second-order valence-corrected chi connectivity index (χ2v) is 13.6. The summed E-state index contributed by atoms with van der Waals surface area (Å²) in [7, 11) is 0. The first-order chi connectivity index (χ1) is 15.6. The van der Waals surface area contributed by atoms with Gasteiger partial charge in [-0.25, -0.2) is 0 Å². The zero-order valence-corrected chi connectivity index (χ0v) is 22.8.